The van der Waals surface area contributed by atoms with Crippen LogP contribution in [-0.4, -0.2) is 78.5 Å². The van der Waals surface area contributed by atoms with Crippen LogP contribution in [0.5, 0.6) is 0 Å². The van der Waals surface area contributed by atoms with Crippen LogP contribution < -0.4 is 5.32 Å². The maximum atomic E-state index is 12.5. The van der Waals surface area contributed by atoms with Gasteiger partial charge in [-0.3, -0.25) is 9.59 Å². The van der Waals surface area contributed by atoms with Gasteiger partial charge in [-0.05, 0) is 12.8 Å². The molecule has 0 aliphatic carbocycles. The van der Waals surface area contributed by atoms with Crippen LogP contribution >= 0.6 is 0 Å². The van der Waals surface area contributed by atoms with Gasteiger partial charge in [0.05, 0.1) is 6.26 Å². The summed E-state index contributed by atoms with van der Waals surface area (Å²) in [5.74, 6) is -2.31. The molecule has 2 fully saturated rings. The van der Waals surface area contributed by atoms with Gasteiger partial charge in [-0.15, -0.1) is 0 Å². The van der Waals surface area contributed by atoms with E-state index in [1.807, 2.05) is 0 Å². The summed E-state index contributed by atoms with van der Waals surface area (Å²) in [5.41, 5.74) is 0. The quantitative estimate of drug-likeness (QED) is 0.609. The Bertz CT molecular complexity index is 575. The molecule has 118 valence electrons. The molecule has 2 rings (SSSR count). The topological polar surface area (TPSA) is 124 Å². The number of hydrogen-bond donors (Lipinski definition) is 2. The molecule has 2 aliphatic heterocycles. The Morgan fingerprint density at radius 2 is 2.00 bits per heavy atom. The van der Waals surface area contributed by atoms with Crippen molar-refractivity contribution in [3.8, 4) is 0 Å². The predicted molar refractivity (Wildman–Crippen MR) is 70.7 cm³/mol. The van der Waals surface area contributed by atoms with Gasteiger partial charge < -0.3 is 15.3 Å². The fraction of sp³-hybridized carbons (Fsp3) is 0.727. The standard InChI is InChI=1S/C11H17N3O6S/c1-21(19,20)14-4-2-3-7(14)10(16)13-6-9(15)12-5-8(13)11(17)18/h7-8H,2-6H2,1H3,(H,12,15)(H,17,18). The molecular formula is C11H17N3O6S. The van der Waals surface area contributed by atoms with Crippen LogP contribution in [0.25, 0.3) is 0 Å². The Morgan fingerprint density at radius 1 is 1.33 bits per heavy atom. The highest BCUT2D eigenvalue weighted by atomic mass is 32.2. The van der Waals surface area contributed by atoms with Gasteiger partial charge in [0.25, 0.3) is 0 Å². The second-order valence-electron chi connectivity index (χ2n) is 5.16. The van der Waals surface area contributed by atoms with Gasteiger partial charge in [-0.1, -0.05) is 0 Å². The van der Waals surface area contributed by atoms with Crippen molar-refractivity contribution >= 4 is 27.8 Å². The van der Waals surface area contributed by atoms with Gasteiger partial charge in [0.2, 0.25) is 21.8 Å². The Balaban J connectivity index is 2.24. The van der Waals surface area contributed by atoms with E-state index in [4.69, 9.17) is 5.11 Å². The Morgan fingerprint density at radius 3 is 2.57 bits per heavy atom. The summed E-state index contributed by atoms with van der Waals surface area (Å²) in [6, 6.07) is -2.09. The number of rotatable bonds is 3. The number of piperazine rings is 1. The fourth-order valence-corrected chi connectivity index (χ4v) is 3.79. The molecule has 2 aliphatic rings. The molecule has 0 aromatic carbocycles. The van der Waals surface area contributed by atoms with Crippen molar-refractivity contribution in [1.82, 2.24) is 14.5 Å². The SMILES string of the molecule is CS(=O)(=O)N1CCCC1C(=O)N1CC(=O)NCC1C(=O)O. The van der Waals surface area contributed by atoms with Gasteiger partial charge in [0.1, 0.15) is 18.6 Å². The first-order chi connectivity index (χ1) is 9.71. The molecule has 2 N–H and O–H groups in total. The minimum absolute atomic E-state index is 0.175. The average Bonchev–Trinajstić information content (AvgIpc) is 2.86. The molecule has 0 saturated carbocycles. The molecule has 2 unspecified atom stereocenters. The molecule has 9 nitrogen and oxygen atoms in total. The van der Waals surface area contributed by atoms with Crippen molar-refractivity contribution in [1.29, 1.82) is 0 Å². The number of carboxylic acids is 1. The minimum Gasteiger partial charge on any atom is -0.480 e. The lowest BCUT2D eigenvalue weighted by Gasteiger charge is -2.35. The number of aliphatic carboxylic acids is 1. The first-order valence-corrected chi connectivity index (χ1v) is 8.33. The summed E-state index contributed by atoms with van der Waals surface area (Å²) in [4.78, 5) is 36.0. The summed E-state index contributed by atoms with van der Waals surface area (Å²) >= 11 is 0. The van der Waals surface area contributed by atoms with Crippen LogP contribution in [0.4, 0.5) is 0 Å². The lowest BCUT2D eigenvalue weighted by Crippen LogP contribution is -2.62. The van der Waals surface area contributed by atoms with Gasteiger partial charge >= 0.3 is 5.97 Å². The smallest absolute Gasteiger partial charge is 0.328 e. The van der Waals surface area contributed by atoms with E-state index in [2.05, 4.69) is 5.32 Å². The third kappa shape index (κ3) is 3.16. The van der Waals surface area contributed by atoms with Crippen molar-refractivity contribution in [3.63, 3.8) is 0 Å². The largest absolute Gasteiger partial charge is 0.480 e. The van der Waals surface area contributed by atoms with E-state index in [1.54, 1.807) is 0 Å². The number of hydrogen-bond acceptors (Lipinski definition) is 5. The molecule has 2 atom stereocenters. The number of carboxylic acid groups (broad SMARTS) is 1. The summed E-state index contributed by atoms with van der Waals surface area (Å²) in [6.45, 7) is -0.317. The van der Waals surface area contributed by atoms with Gasteiger partial charge in [-0.25, -0.2) is 13.2 Å². The Kier molecular flexibility index (Phi) is 4.19. The summed E-state index contributed by atoms with van der Waals surface area (Å²) in [6.07, 6.45) is 1.87. The lowest BCUT2D eigenvalue weighted by atomic mass is 10.1. The summed E-state index contributed by atoms with van der Waals surface area (Å²) in [7, 11) is -3.55. The monoisotopic (exact) mass is 319 g/mol. The lowest BCUT2D eigenvalue weighted by molar-refractivity contribution is -0.155. The molecule has 0 aromatic heterocycles. The molecule has 0 aromatic rings. The van der Waals surface area contributed by atoms with Crippen LogP contribution in [-0.2, 0) is 24.4 Å². The van der Waals surface area contributed by atoms with Crippen LogP contribution in [0.15, 0.2) is 0 Å². The molecular weight excluding hydrogens is 302 g/mol. The fourth-order valence-electron chi connectivity index (χ4n) is 2.67. The maximum absolute atomic E-state index is 12.5. The van der Waals surface area contributed by atoms with Crippen LogP contribution in [0.2, 0.25) is 0 Å². The normalized spacial score (nSPS) is 27.5. The van der Waals surface area contributed by atoms with Crippen molar-refractivity contribution in [2.24, 2.45) is 0 Å². The Labute approximate surface area is 121 Å². The van der Waals surface area contributed by atoms with Gasteiger partial charge in [0, 0.05) is 13.1 Å². The average molecular weight is 319 g/mol. The molecule has 21 heavy (non-hydrogen) atoms. The number of carbonyl (C=O) groups excluding carboxylic acids is 2. The van der Waals surface area contributed by atoms with E-state index >= 15 is 0 Å². The van der Waals surface area contributed by atoms with E-state index in [0.29, 0.717) is 12.8 Å². The molecule has 2 amide bonds. The zero-order valence-corrected chi connectivity index (χ0v) is 12.3. The van der Waals surface area contributed by atoms with E-state index < -0.39 is 39.9 Å². The van der Waals surface area contributed by atoms with Crippen molar-refractivity contribution in [2.45, 2.75) is 24.9 Å². The zero-order chi connectivity index (χ0) is 15.8. The van der Waals surface area contributed by atoms with E-state index in [1.165, 1.54) is 0 Å². The van der Waals surface area contributed by atoms with E-state index in [9.17, 15) is 22.8 Å². The van der Waals surface area contributed by atoms with E-state index in [-0.39, 0.29) is 19.6 Å². The number of sulfonamides is 1. The highest BCUT2D eigenvalue weighted by Gasteiger charge is 2.43. The summed E-state index contributed by atoms with van der Waals surface area (Å²) < 4.78 is 24.4. The highest BCUT2D eigenvalue weighted by Crippen LogP contribution is 2.23. The van der Waals surface area contributed by atoms with Crippen molar-refractivity contribution in [2.75, 3.05) is 25.9 Å². The predicted octanol–water partition coefficient (Wildman–Crippen LogP) is -2.18. The third-order valence-electron chi connectivity index (χ3n) is 3.67. The maximum Gasteiger partial charge on any atom is 0.328 e. The van der Waals surface area contributed by atoms with Gasteiger partial charge in [0.15, 0.2) is 0 Å². The van der Waals surface area contributed by atoms with Crippen molar-refractivity contribution < 1.29 is 27.9 Å². The third-order valence-corrected chi connectivity index (χ3v) is 4.95. The zero-order valence-electron chi connectivity index (χ0n) is 11.5. The number of amides is 2. The second kappa shape index (κ2) is 5.60. The second-order valence-corrected chi connectivity index (χ2v) is 7.09. The first kappa shape index (κ1) is 15.7. The highest BCUT2D eigenvalue weighted by molar-refractivity contribution is 7.88. The minimum atomic E-state index is -3.55. The molecule has 2 saturated heterocycles. The molecule has 10 heteroatoms. The van der Waals surface area contributed by atoms with Crippen LogP contribution in [0, 0.1) is 0 Å². The molecule has 0 bridgehead atoms. The molecule has 0 spiro atoms. The van der Waals surface area contributed by atoms with Gasteiger partial charge in [-0.2, -0.15) is 4.31 Å². The summed E-state index contributed by atoms with van der Waals surface area (Å²) in [5, 5.41) is 11.5. The number of carbonyl (C=O) groups is 3. The molecule has 2 heterocycles. The number of nitrogens with one attached hydrogen (secondary N) is 1. The molecule has 0 radical (unpaired) electrons. The van der Waals surface area contributed by atoms with Crippen LogP contribution in [0.1, 0.15) is 12.8 Å². The van der Waals surface area contributed by atoms with Crippen molar-refractivity contribution in [3.05, 3.63) is 0 Å². The Hall–Kier alpha value is -1.68. The van der Waals surface area contributed by atoms with Crippen LogP contribution in [0.3, 0.4) is 0 Å². The number of nitrogens with zero attached hydrogens (tertiary/aromatic N) is 2. The first-order valence-electron chi connectivity index (χ1n) is 6.48. The van der Waals surface area contributed by atoms with E-state index in [0.717, 1.165) is 15.5 Å².